The number of likely N-dealkylation sites (tertiary alicyclic amines) is 1. The molecule has 1 amide bonds. The van der Waals surface area contributed by atoms with Gasteiger partial charge in [-0.25, -0.2) is 0 Å². The third-order valence-electron chi connectivity index (χ3n) is 3.15. The van der Waals surface area contributed by atoms with Gasteiger partial charge in [-0.15, -0.1) is 0 Å². The molecule has 1 N–H and O–H groups in total. The van der Waals surface area contributed by atoms with Crippen molar-refractivity contribution in [3.63, 3.8) is 0 Å². The summed E-state index contributed by atoms with van der Waals surface area (Å²) < 4.78 is 7.76. The Kier molecular flexibility index (Phi) is 4.24. The van der Waals surface area contributed by atoms with E-state index >= 15 is 0 Å². The van der Waals surface area contributed by atoms with Crippen LogP contribution in [0, 0.1) is 5.92 Å². The van der Waals surface area contributed by atoms with Crippen molar-refractivity contribution in [3.8, 4) is 0 Å². The van der Waals surface area contributed by atoms with Crippen LogP contribution in [-0.2, 0) is 4.79 Å². The molecule has 1 aromatic rings. The maximum Gasteiger partial charge on any atom is 0.303 e. The Hall–Kier alpha value is -1.50. The van der Waals surface area contributed by atoms with Crippen molar-refractivity contribution in [2.24, 2.45) is 5.92 Å². The molecule has 1 atom stereocenters. The van der Waals surface area contributed by atoms with Crippen LogP contribution in [-0.4, -0.2) is 43.7 Å². The highest BCUT2D eigenvalue weighted by Gasteiger charge is 2.25. The van der Waals surface area contributed by atoms with Gasteiger partial charge in [0.1, 0.15) is 0 Å². The number of hydrogen-bond donors (Lipinski definition) is 1. The quantitative estimate of drug-likeness (QED) is 0.889. The van der Waals surface area contributed by atoms with Gasteiger partial charge in [0.15, 0.2) is 5.69 Å². The summed E-state index contributed by atoms with van der Waals surface area (Å²) in [5.74, 6) is -0.587. The first-order chi connectivity index (χ1) is 8.66. The Labute approximate surface area is 109 Å². The maximum absolute atomic E-state index is 12.1. The number of aromatic nitrogens is 2. The predicted octanol–water partition coefficient (Wildman–Crippen LogP) is 1.26. The highest BCUT2D eigenvalue weighted by atomic mass is 32.1. The fourth-order valence-electron chi connectivity index (χ4n) is 2.23. The van der Waals surface area contributed by atoms with Crippen molar-refractivity contribution < 1.29 is 14.7 Å². The number of carbonyl (C=O) groups excluding carboxylic acids is 1. The summed E-state index contributed by atoms with van der Waals surface area (Å²) >= 11 is 1.02. The van der Waals surface area contributed by atoms with Gasteiger partial charge in [-0.1, -0.05) is 0 Å². The van der Waals surface area contributed by atoms with Gasteiger partial charge >= 0.3 is 5.97 Å². The molecule has 0 bridgehead atoms. The Morgan fingerprint density at radius 1 is 1.56 bits per heavy atom. The molecule has 18 heavy (non-hydrogen) atoms. The summed E-state index contributed by atoms with van der Waals surface area (Å²) in [6.07, 6.45) is 4.20. The zero-order valence-electron chi connectivity index (χ0n) is 9.91. The van der Waals surface area contributed by atoms with Crippen LogP contribution in [0.2, 0.25) is 0 Å². The van der Waals surface area contributed by atoms with Gasteiger partial charge in [-0.2, -0.15) is 8.75 Å². The standard InChI is InChI=1S/C11H15N3O3S/c15-10(16)4-3-8-2-1-5-14(7-8)11(17)9-6-12-18-13-9/h6,8H,1-5,7H2,(H,15,16). The predicted molar refractivity (Wildman–Crippen MR) is 65.4 cm³/mol. The summed E-state index contributed by atoms with van der Waals surface area (Å²) in [4.78, 5) is 24.4. The lowest BCUT2D eigenvalue weighted by Crippen LogP contribution is -2.40. The van der Waals surface area contributed by atoms with Crippen LogP contribution in [0.4, 0.5) is 0 Å². The van der Waals surface area contributed by atoms with Gasteiger partial charge < -0.3 is 10.0 Å². The second kappa shape index (κ2) is 5.90. The van der Waals surface area contributed by atoms with Crippen LogP contribution >= 0.6 is 11.7 Å². The first-order valence-corrected chi connectivity index (χ1v) is 6.68. The Morgan fingerprint density at radius 3 is 3.06 bits per heavy atom. The minimum absolute atomic E-state index is 0.0937. The van der Waals surface area contributed by atoms with Gasteiger partial charge in [0.2, 0.25) is 0 Å². The Bertz CT molecular complexity index is 421. The van der Waals surface area contributed by atoms with Gasteiger partial charge in [-0.3, -0.25) is 9.59 Å². The van der Waals surface area contributed by atoms with E-state index < -0.39 is 5.97 Å². The summed E-state index contributed by atoms with van der Waals surface area (Å²) in [6, 6.07) is 0. The fraction of sp³-hybridized carbons (Fsp3) is 0.636. The monoisotopic (exact) mass is 269 g/mol. The number of nitrogens with zero attached hydrogens (tertiary/aromatic N) is 3. The molecule has 0 radical (unpaired) electrons. The molecule has 2 rings (SSSR count). The molecular weight excluding hydrogens is 254 g/mol. The van der Waals surface area contributed by atoms with E-state index in [1.54, 1.807) is 4.90 Å². The van der Waals surface area contributed by atoms with E-state index in [1.807, 2.05) is 0 Å². The van der Waals surface area contributed by atoms with E-state index in [-0.39, 0.29) is 18.2 Å². The normalized spacial score (nSPS) is 19.8. The zero-order chi connectivity index (χ0) is 13.0. The number of piperidine rings is 1. The van der Waals surface area contributed by atoms with E-state index in [2.05, 4.69) is 8.75 Å². The van der Waals surface area contributed by atoms with E-state index in [0.29, 0.717) is 18.7 Å². The first-order valence-electron chi connectivity index (χ1n) is 5.95. The number of hydrogen-bond acceptors (Lipinski definition) is 5. The lowest BCUT2D eigenvalue weighted by atomic mass is 9.93. The molecule has 0 spiro atoms. The average Bonchev–Trinajstić information content (AvgIpc) is 2.89. The molecule has 2 heterocycles. The molecule has 0 saturated carbocycles. The van der Waals surface area contributed by atoms with Gasteiger partial charge in [0.05, 0.1) is 17.9 Å². The van der Waals surface area contributed by atoms with Gasteiger partial charge in [0, 0.05) is 19.5 Å². The molecule has 1 aromatic heterocycles. The van der Waals surface area contributed by atoms with E-state index in [4.69, 9.17) is 5.11 Å². The molecule has 1 aliphatic heterocycles. The molecular formula is C11H15N3O3S. The summed E-state index contributed by atoms with van der Waals surface area (Å²) in [7, 11) is 0. The van der Waals surface area contributed by atoms with E-state index in [9.17, 15) is 9.59 Å². The highest BCUT2D eigenvalue weighted by molar-refractivity contribution is 6.99. The summed E-state index contributed by atoms with van der Waals surface area (Å²) in [6.45, 7) is 1.35. The van der Waals surface area contributed by atoms with Crippen molar-refractivity contribution in [2.75, 3.05) is 13.1 Å². The van der Waals surface area contributed by atoms with Crippen LogP contribution in [0.3, 0.4) is 0 Å². The third-order valence-corrected chi connectivity index (χ3v) is 3.63. The molecule has 0 aromatic carbocycles. The number of carboxylic acids is 1. The number of carboxylic acid groups (broad SMARTS) is 1. The zero-order valence-corrected chi connectivity index (χ0v) is 10.7. The van der Waals surface area contributed by atoms with Crippen LogP contribution in [0.15, 0.2) is 6.20 Å². The molecule has 1 fully saturated rings. The lowest BCUT2D eigenvalue weighted by Gasteiger charge is -2.32. The number of carbonyl (C=O) groups is 2. The van der Waals surface area contributed by atoms with Crippen LogP contribution < -0.4 is 0 Å². The highest BCUT2D eigenvalue weighted by Crippen LogP contribution is 2.22. The summed E-state index contributed by atoms with van der Waals surface area (Å²) in [5.41, 5.74) is 0.388. The smallest absolute Gasteiger partial charge is 0.303 e. The van der Waals surface area contributed by atoms with Crippen LogP contribution in [0.1, 0.15) is 36.2 Å². The molecule has 6 nitrogen and oxygen atoms in total. The number of rotatable bonds is 4. The second-order valence-electron chi connectivity index (χ2n) is 4.48. The van der Waals surface area contributed by atoms with Crippen LogP contribution in [0.25, 0.3) is 0 Å². The molecule has 0 aliphatic carbocycles. The van der Waals surface area contributed by atoms with Crippen molar-refractivity contribution in [2.45, 2.75) is 25.7 Å². The lowest BCUT2D eigenvalue weighted by molar-refractivity contribution is -0.137. The van der Waals surface area contributed by atoms with E-state index in [1.165, 1.54) is 6.20 Å². The number of aliphatic carboxylic acids is 1. The van der Waals surface area contributed by atoms with E-state index in [0.717, 1.165) is 31.1 Å². The van der Waals surface area contributed by atoms with Gasteiger partial charge in [-0.05, 0) is 25.2 Å². The minimum Gasteiger partial charge on any atom is -0.481 e. The molecule has 1 aliphatic rings. The summed E-state index contributed by atoms with van der Waals surface area (Å²) in [5, 5.41) is 8.67. The average molecular weight is 269 g/mol. The van der Waals surface area contributed by atoms with Crippen molar-refractivity contribution in [1.29, 1.82) is 0 Å². The molecule has 7 heteroatoms. The SMILES string of the molecule is O=C(O)CCC1CCCN(C(=O)c2cnsn2)C1. The van der Waals surface area contributed by atoms with Crippen molar-refractivity contribution in [3.05, 3.63) is 11.9 Å². The maximum atomic E-state index is 12.1. The minimum atomic E-state index is -0.776. The Balaban J connectivity index is 1.90. The Morgan fingerprint density at radius 2 is 2.39 bits per heavy atom. The number of amides is 1. The fourth-order valence-corrected chi connectivity index (χ4v) is 2.64. The van der Waals surface area contributed by atoms with Crippen molar-refractivity contribution >= 4 is 23.6 Å². The third kappa shape index (κ3) is 3.25. The molecule has 1 unspecified atom stereocenters. The van der Waals surface area contributed by atoms with Crippen molar-refractivity contribution in [1.82, 2.24) is 13.6 Å². The second-order valence-corrected chi connectivity index (χ2v) is 5.04. The van der Waals surface area contributed by atoms with Gasteiger partial charge in [0.25, 0.3) is 5.91 Å². The topological polar surface area (TPSA) is 83.4 Å². The molecule has 1 saturated heterocycles. The first kappa shape index (κ1) is 12.9. The molecule has 98 valence electrons. The van der Waals surface area contributed by atoms with Crippen LogP contribution in [0.5, 0.6) is 0 Å². The largest absolute Gasteiger partial charge is 0.481 e.